The number of hydrogen-bond acceptors (Lipinski definition) is 4. The molecule has 92 valence electrons. The number of rotatable bonds is 4. The summed E-state index contributed by atoms with van der Waals surface area (Å²) >= 11 is 0. The van der Waals surface area contributed by atoms with E-state index in [0.717, 1.165) is 5.56 Å². The molecule has 2 saturated heterocycles. The molecule has 17 heavy (non-hydrogen) atoms. The highest BCUT2D eigenvalue weighted by Crippen LogP contribution is 2.37. The Morgan fingerprint density at radius 1 is 1.35 bits per heavy atom. The molecule has 0 amide bonds. The van der Waals surface area contributed by atoms with Crippen LogP contribution in [0.3, 0.4) is 0 Å². The van der Waals surface area contributed by atoms with Gasteiger partial charge < -0.3 is 19.3 Å². The van der Waals surface area contributed by atoms with Gasteiger partial charge in [0.1, 0.15) is 17.8 Å². The van der Waals surface area contributed by atoms with Crippen LogP contribution in [0, 0.1) is 0 Å². The van der Waals surface area contributed by atoms with Crippen LogP contribution in [0.5, 0.6) is 0 Å². The Bertz CT molecular complexity index is 370. The van der Waals surface area contributed by atoms with E-state index in [2.05, 4.69) is 0 Å². The summed E-state index contributed by atoms with van der Waals surface area (Å²) in [4.78, 5) is 0. The van der Waals surface area contributed by atoms with Gasteiger partial charge in [-0.1, -0.05) is 30.3 Å². The van der Waals surface area contributed by atoms with Crippen molar-refractivity contribution in [2.45, 2.75) is 24.4 Å². The van der Waals surface area contributed by atoms with Crippen LogP contribution in [0.15, 0.2) is 30.3 Å². The fraction of sp³-hybridized carbons (Fsp3) is 0.538. The standard InChI is InChI=1S/C13H16O4/c14-8-13-9-16-11(7-17-13)12(13)15-6-10-4-2-1-3-5-10/h1-5,11-12,14H,6-9H2/t11?,12?,13-/m0/s1. The summed E-state index contributed by atoms with van der Waals surface area (Å²) < 4.78 is 17.0. The van der Waals surface area contributed by atoms with E-state index in [1.165, 1.54) is 0 Å². The molecule has 2 fully saturated rings. The first kappa shape index (κ1) is 11.2. The summed E-state index contributed by atoms with van der Waals surface area (Å²) in [6, 6.07) is 9.98. The Morgan fingerprint density at radius 2 is 2.18 bits per heavy atom. The molecule has 3 rings (SSSR count). The first-order valence-corrected chi connectivity index (χ1v) is 5.86. The molecule has 1 aromatic carbocycles. The highest BCUT2D eigenvalue weighted by atomic mass is 16.7. The number of ether oxygens (including phenoxy) is 3. The van der Waals surface area contributed by atoms with Gasteiger partial charge in [0.25, 0.3) is 0 Å². The molecule has 2 aliphatic heterocycles. The highest BCUT2D eigenvalue weighted by Gasteiger charge is 2.57. The molecule has 4 heteroatoms. The number of hydrogen-bond donors (Lipinski definition) is 1. The van der Waals surface area contributed by atoms with E-state index in [-0.39, 0.29) is 18.8 Å². The lowest BCUT2D eigenvalue weighted by molar-refractivity contribution is -0.129. The Hall–Kier alpha value is -0.940. The van der Waals surface area contributed by atoms with Crippen molar-refractivity contribution in [3.05, 3.63) is 35.9 Å². The molecule has 1 aromatic rings. The molecular weight excluding hydrogens is 220 g/mol. The maximum absolute atomic E-state index is 9.43. The van der Waals surface area contributed by atoms with Crippen LogP contribution in [0.4, 0.5) is 0 Å². The van der Waals surface area contributed by atoms with E-state index in [1.807, 2.05) is 30.3 Å². The van der Waals surface area contributed by atoms with Gasteiger partial charge >= 0.3 is 0 Å². The zero-order valence-electron chi connectivity index (χ0n) is 9.54. The molecular formula is C13H16O4. The minimum absolute atomic E-state index is 0.0362. The van der Waals surface area contributed by atoms with E-state index in [9.17, 15) is 5.11 Å². The third kappa shape index (κ3) is 1.87. The van der Waals surface area contributed by atoms with Crippen molar-refractivity contribution in [1.82, 2.24) is 0 Å². The zero-order chi connectivity index (χ0) is 11.7. The first-order chi connectivity index (χ1) is 8.34. The average Bonchev–Trinajstić information content (AvgIpc) is 2.92. The molecule has 0 radical (unpaired) electrons. The largest absolute Gasteiger partial charge is 0.393 e. The number of aliphatic hydroxyl groups is 1. The molecule has 2 bridgehead atoms. The van der Waals surface area contributed by atoms with E-state index >= 15 is 0 Å². The first-order valence-electron chi connectivity index (χ1n) is 5.86. The lowest BCUT2D eigenvalue weighted by atomic mass is 10.0. The van der Waals surface area contributed by atoms with Crippen LogP contribution >= 0.6 is 0 Å². The van der Waals surface area contributed by atoms with Gasteiger partial charge in [-0.15, -0.1) is 0 Å². The second-order valence-corrected chi connectivity index (χ2v) is 4.60. The van der Waals surface area contributed by atoms with Crippen molar-refractivity contribution in [2.24, 2.45) is 0 Å². The van der Waals surface area contributed by atoms with Crippen LogP contribution in [0.1, 0.15) is 5.56 Å². The van der Waals surface area contributed by atoms with E-state index in [4.69, 9.17) is 14.2 Å². The summed E-state index contributed by atoms with van der Waals surface area (Å²) in [6.45, 7) is 1.41. The van der Waals surface area contributed by atoms with E-state index in [0.29, 0.717) is 19.8 Å². The second-order valence-electron chi connectivity index (χ2n) is 4.60. The minimum Gasteiger partial charge on any atom is -0.393 e. The van der Waals surface area contributed by atoms with Crippen molar-refractivity contribution in [1.29, 1.82) is 0 Å². The highest BCUT2D eigenvalue weighted by molar-refractivity contribution is 5.14. The van der Waals surface area contributed by atoms with Gasteiger partial charge in [-0.25, -0.2) is 0 Å². The van der Waals surface area contributed by atoms with Crippen molar-refractivity contribution < 1.29 is 19.3 Å². The molecule has 0 spiro atoms. The second kappa shape index (κ2) is 4.38. The summed E-state index contributed by atoms with van der Waals surface area (Å²) in [7, 11) is 0. The van der Waals surface area contributed by atoms with Gasteiger partial charge in [0.05, 0.1) is 26.4 Å². The van der Waals surface area contributed by atoms with Crippen LogP contribution < -0.4 is 0 Å². The molecule has 2 unspecified atom stereocenters. The molecule has 2 aliphatic rings. The minimum atomic E-state index is -0.639. The van der Waals surface area contributed by atoms with Crippen LogP contribution in [0.25, 0.3) is 0 Å². The van der Waals surface area contributed by atoms with Crippen LogP contribution in [-0.4, -0.2) is 42.7 Å². The Morgan fingerprint density at radius 3 is 2.82 bits per heavy atom. The topological polar surface area (TPSA) is 47.9 Å². The monoisotopic (exact) mass is 236 g/mol. The molecule has 2 heterocycles. The SMILES string of the molecule is OC[C@@]12COC(CO1)C2OCc1ccccc1. The van der Waals surface area contributed by atoms with Crippen LogP contribution in [-0.2, 0) is 20.8 Å². The maximum Gasteiger partial charge on any atom is 0.143 e. The summed E-state index contributed by atoms with van der Waals surface area (Å²) in [6.07, 6.45) is -0.196. The van der Waals surface area contributed by atoms with E-state index in [1.54, 1.807) is 0 Å². The third-order valence-electron chi connectivity index (χ3n) is 3.47. The lowest BCUT2D eigenvalue weighted by Gasteiger charge is -2.26. The normalized spacial score (nSPS) is 35.4. The van der Waals surface area contributed by atoms with Crippen LogP contribution in [0.2, 0.25) is 0 Å². The van der Waals surface area contributed by atoms with Gasteiger partial charge in [0.15, 0.2) is 0 Å². The van der Waals surface area contributed by atoms with Gasteiger partial charge in [-0.05, 0) is 5.56 Å². The third-order valence-corrected chi connectivity index (χ3v) is 3.47. The smallest absolute Gasteiger partial charge is 0.143 e. The molecule has 1 N–H and O–H groups in total. The molecule has 3 atom stereocenters. The summed E-state index contributed by atoms with van der Waals surface area (Å²) in [5.41, 5.74) is 0.478. The summed E-state index contributed by atoms with van der Waals surface area (Å²) in [5, 5.41) is 9.43. The zero-order valence-corrected chi connectivity index (χ0v) is 9.54. The molecule has 4 nitrogen and oxygen atoms in total. The molecule has 0 saturated carbocycles. The molecule has 0 aliphatic carbocycles. The number of benzene rings is 1. The van der Waals surface area contributed by atoms with Crippen molar-refractivity contribution in [3.63, 3.8) is 0 Å². The van der Waals surface area contributed by atoms with E-state index < -0.39 is 5.60 Å². The summed E-state index contributed by atoms with van der Waals surface area (Å²) in [5.74, 6) is 0. The lowest BCUT2D eigenvalue weighted by Crippen LogP contribution is -2.45. The predicted molar refractivity (Wildman–Crippen MR) is 60.5 cm³/mol. The average molecular weight is 236 g/mol. The fourth-order valence-electron chi connectivity index (χ4n) is 2.46. The van der Waals surface area contributed by atoms with Crippen molar-refractivity contribution in [2.75, 3.05) is 19.8 Å². The predicted octanol–water partition coefficient (Wildman–Crippen LogP) is 0.732. The van der Waals surface area contributed by atoms with Gasteiger partial charge in [-0.2, -0.15) is 0 Å². The van der Waals surface area contributed by atoms with Gasteiger partial charge in [0, 0.05) is 0 Å². The van der Waals surface area contributed by atoms with Crippen molar-refractivity contribution in [3.8, 4) is 0 Å². The Balaban J connectivity index is 1.66. The van der Waals surface area contributed by atoms with Gasteiger partial charge in [0.2, 0.25) is 0 Å². The number of aliphatic hydroxyl groups excluding tert-OH is 1. The van der Waals surface area contributed by atoms with Crippen molar-refractivity contribution >= 4 is 0 Å². The fourth-order valence-corrected chi connectivity index (χ4v) is 2.46. The maximum atomic E-state index is 9.43. The molecule has 0 aromatic heterocycles. The van der Waals surface area contributed by atoms with Gasteiger partial charge in [-0.3, -0.25) is 0 Å². The quantitative estimate of drug-likeness (QED) is 0.837. The number of fused-ring (bicyclic) bond motifs is 2. The Labute approximate surface area is 100 Å². The Kier molecular flexibility index (Phi) is 2.88.